The highest BCUT2D eigenvalue weighted by molar-refractivity contribution is 5.85. The number of hydrogen-bond donors (Lipinski definition) is 0. The topological polar surface area (TPSA) is 59.3 Å². The molecule has 2 aliphatic heterocycles. The van der Waals surface area contributed by atoms with E-state index in [0.717, 1.165) is 64.5 Å². The molecule has 2 fully saturated rings. The Morgan fingerprint density at radius 2 is 1.93 bits per heavy atom. The standard InChI is InChI=1S/C19H28N6O.ClH/c1-2-23-10-12-24(13-11-23)18(16-7-4-3-5-8-16)19-20-21-22-25(19)15-17-9-6-14-26-17;/h3-5,7-8,17-18H,2,6,9-15H2,1H3;1H. The summed E-state index contributed by atoms with van der Waals surface area (Å²) in [5.41, 5.74) is 1.25. The van der Waals surface area contributed by atoms with Gasteiger partial charge in [-0.05, 0) is 35.4 Å². The van der Waals surface area contributed by atoms with Crippen molar-refractivity contribution < 1.29 is 4.74 Å². The summed E-state index contributed by atoms with van der Waals surface area (Å²) in [6, 6.07) is 10.7. The zero-order valence-electron chi connectivity index (χ0n) is 15.9. The molecule has 27 heavy (non-hydrogen) atoms. The number of hydrogen-bond acceptors (Lipinski definition) is 6. The van der Waals surface area contributed by atoms with Crippen molar-refractivity contribution in [2.75, 3.05) is 39.3 Å². The maximum Gasteiger partial charge on any atom is 0.173 e. The van der Waals surface area contributed by atoms with Crippen LogP contribution in [0.1, 0.15) is 37.2 Å². The van der Waals surface area contributed by atoms with Crippen molar-refractivity contribution in [2.45, 2.75) is 38.5 Å². The Kier molecular flexibility index (Phi) is 7.18. The molecule has 1 aromatic carbocycles. The molecular weight excluding hydrogens is 364 g/mol. The van der Waals surface area contributed by atoms with E-state index in [2.05, 4.69) is 62.6 Å². The second-order valence-electron chi connectivity index (χ2n) is 7.14. The van der Waals surface area contributed by atoms with E-state index in [9.17, 15) is 0 Å². The van der Waals surface area contributed by atoms with Crippen LogP contribution < -0.4 is 0 Å². The van der Waals surface area contributed by atoms with E-state index < -0.39 is 0 Å². The van der Waals surface area contributed by atoms with Crippen LogP contribution in [0.3, 0.4) is 0 Å². The van der Waals surface area contributed by atoms with E-state index in [-0.39, 0.29) is 24.6 Å². The van der Waals surface area contributed by atoms with Gasteiger partial charge in [0.05, 0.1) is 18.7 Å². The lowest BCUT2D eigenvalue weighted by Gasteiger charge is -2.38. The van der Waals surface area contributed by atoms with Crippen LogP contribution in [-0.2, 0) is 11.3 Å². The van der Waals surface area contributed by atoms with E-state index in [0.29, 0.717) is 0 Å². The molecule has 2 aliphatic rings. The van der Waals surface area contributed by atoms with Crippen LogP contribution in [0.4, 0.5) is 0 Å². The lowest BCUT2D eigenvalue weighted by Crippen LogP contribution is -2.48. The largest absolute Gasteiger partial charge is 0.376 e. The van der Waals surface area contributed by atoms with Gasteiger partial charge < -0.3 is 9.64 Å². The lowest BCUT2D eigenvalue weighted by atomic mass is 10.0. The lowest BCUT2D eigenvalue weighted by molar-refractivity contribution is 0.0861. The van der Waals surface area contributed by atoms with Crippen molar-refractivity contribution in [3.05, 3.63) is 41.7 Å². The fourth-order valence-electron chi connectivity index (χ4n) is 4.01. The van der Waals surface area contributed by atoms with Crippen molar-refractivity contribution in [2.24, 2.45) is 0 Å². The molecular formula is C19H29ClN6O. The summed E-state index contributed by atoms with van der Waals surface area (Å²) in [7, 11) is 0. The summed E-state index contributed by atoms with van der Waals surface area (Å²) in [6.45, 7) is 9.16. The highest BCUT2D eigenvalue weighted by atomic mass is 35.5. The highest BCUT2D eigenvalue weighted by Gasteiger charge is 2.31. The van der Waals surface area contributed by atoms with Crippen molar-refractivity contribution in [1.82, 2.24) is 30.0 Å². The minimum absolute atomic E-state index is 0. The molecule has 2 saturated heterocycles. The van der Waals surface area contributed by atoms with Gasteiger partial charge in [0.15, 0.2) is 5.82 Å². The number of likely N-dealkylation sites (N-methyl/N-ethyl adjacent to an activating group) is 1. The van der Waals surface area contributed by atoms with Crippen LogP contribution in [0.15, 0.2) is 30.3 Å². The molecule has 0 bridgehead atoms. The summed E-state index contributed by atoms with van der Waals surface area (Å²) in [5.74, 6) is 0.927. The van der Waals surface area contributed by atoms with Gasteiger partial charge in [-0.3, -0.25) is 4.90 Å². The van der Waals surface area contributed by atoms with E-state index in [1.807, 2.05) is 4.68 Å². The van der Waals surface area contributed by atoms with Crippen LogP contribution in [0.2, 0.25) is 0 Å². The summed E-state index contributed by atoms with van der Waals surface area (Å²) >= 11 is 0. The third-order valence-electron chi connectivity index (χ3n) is 5.54. The Bertz CT molecular complexity index is 683. The normalized spacial score (nSPS) is 22.5. The predicted molar refractivity (Wildman–Crippen MR) is 106 cm³/mol. The Labute approximate surface area is 167 Å². The van der Waals surface area contributed by atoms with Gasteiger partial charge in [0, 0.05) is 32.8 Å². The van der Waals surface area contributed by atoms with Gasteiger partial charge in [-0.15, -0.1) is 17.5 Å². The number of halogens is 1. The van der Waals surface area contributed by atoms with E-state index in [4.69, 9.17) is 4.74 Å². The van der Waals surface area contributed by atoms with Crippen molar-refractivity contribution in [3.8, 4) is 0 Å². The summed E-state index contributed by atoms with van der Waals surface area (Å²) in [4.78, 5) is 5.01. The molecule has 2 unspecified atom stereocenters. The quantitative estimate of drug-likeness (QED) is 0.749. The molecule has 0 radical (unpaired) electrons. The molecule has 7 nitrogen and oxygen atoms in total. The van der Waals surface area contributed by atoms with Crippen LogP contribution in [-0.4, -0.2) is 75.4 Å². The van der Waals surface area contributed by atoms with E-state index in [1.165, 1.54) is 5.56 Å². The first-order valence-electron chi connectivity index (χ1n) is 9.74. The maximum atomic E-state index is 5.80. The molecule has 8 heteroatoms. The van der Waals surface area contributed by atoms with Crippen molar-refractivity contribution >= 4 is 12.4 Å². The number of aromatic nitrogens is 4. The van der Waals surface area contributed by atoms with Crippen LogP contribution in [0.5, 0.6) is 0 Å². The van der Waals surface area contributed by atoms with Gasteiger partial charge in [0.2, 0.25) is 0 Å². The first-order valence-corrected chi connectivity index (χ1v) is 9.74. The average Bonchev–Trinajstić information content (AvgIpc) is 3.37. The monoisotopic (exact) mass is 392 g/mol. The minimum Gasteiger partial charge on any atom is -0.376 e. The van der Waals surface area contributed by atoms with Crippen LogP contribution in [0.25, 0.3) is 0 Å². The second kappa shape index (κ2) is 9.59. The number of rotatable bonds is 6. The molecule has 0 aliphatic carbocycles. The van der Waals surface area contributed by atoms with Crippen molar-refractivity contribution in [3.63, 3.8) is 0 Å². The molecule has 0 N–H and O–H groups in total. The third kappa shape index (κ3) is 4.66. The third-order valence-corrected chi connectivity index (χ3v) is 5.54. The molecule has 0 saturated carbocycles. The van der Waals surface area contributed by atoms with Gasteiger partial charge in [0.25, 0.3) is 0 Å². The molecule has 2 atom stereocenters. The highest BCUT2D eigenvalue weighted by Crippen LogP contribution is 2.28. The fourth-order valence-corrected chi connectivity index (χ4v) is 4.01. The number of benzene rings is 1. The van der Waals surface area contributed by atoms with Crippen molar-refractivity contribution in [1.29, 1.82) is 0 Å². The molecule has 1 aromatic heterocycles. The Balaban J connectivity index is 0.00000210. The van der Waals surface area contributed by atoms with Crippen LogP contribution in [0, 0.1) is 0 Å². The van der Waals surface area contributed by atoms with E-state index >= 15 is 0 Å². The number of piperazine rings is 1. The second-order valence-corrected chi connectivity index (χ2v) is 7.14. The fraction of sp³-hybridized carbons (Fsp3) is 0.632. The maximum absolute atomic E-state index is 5.80. The summed E-state index contributed by atoms with van der Waals surface area (Å²) in [6.07, 6.45) is 2.44. The molecule has 2 aromatic rings. The van der Waals surface area contributed by atoms with Gasteiger partial charge in [-0.25, -0.2) is 4.68 Å². The smallest absolute Gasteiger partial charge is 0.173 e. The summed E-state index contributed by atoms with van der Waals surface area (Å²) in [5, 5.41) is 12.7. The number of ether oxygens (including phenoxy) is 1. The predicted octanol–water partition coefficient (Wildman–Crippen LogP) is 2.00. The molecule has 0 spiro atoms. The first kappa shape index (κ1) is 20.2. The summed E-state index contributed by atoms with van der Waals surface area (Å²) < 4.78 is 7.76. The first-order chi connectivity index (χ1) is 12.8. The molecule has 3 heterocycles. The molecule has 148 valence electrons. The van der Waals surface area contributed by atoms with Crippen LogP contribution >= 0.6 is 12.4 Å². The van der Waals surface area contributed by atoms with Gasteiger partial charge >= 0.3 is 0 Å². The Morgan fingerprint density at radius 1 is 1.15 bits per heavy atom. The van der Waals surface area contributed by atoms with Gasteiger partial charge in [0.1, 0.15) is 0 Å². The Morgan fingerprint density at radius 3 is 2.59 bits per heavy atom. The van der Waals surface area contributed by atoms with E-state index in [1.54, 1.807) is 0 Å². The van der Waals surface area contributed by atoms with Gasteiger partial charge in [-0.1, -0.05) is 37.3 Å². The Hall–Kier alpha value is -1.54. The molecule has 4 rings (SSSR count). The zero-order chi connectivity index (χ0) is 17.8. The minimum atomic E-state index is 0. The average molecular weight is 393 g/mol. The zero-order valence-corrected chi connectivity index (χ0v) is 16.7. The molecule has 0 amide bonds. The number of nitrogens with zero attached hydrogens (tertiary/aromatic N) is 6. The van der Waals surface area contributed by atoms with Gasteiger partial charge in [-0.2, -0.15) is 0 Å². The SMILES string of the molecule is CCN1CCN(C(c2ccccc2)c2nnnn2CC2CCCO2)CC1.Cl. The number of tetrazole rings is 1.